The molecule has 5 heteroatoms. The summed E-state index contributed by atoms with van der Waals surface area (Å²) in [5.41, 5.74) is 1.30. The molecule has 2 amide bonds. The van der Waals surface area contributed by atoms with Crippen LogP contribution in [0.3, 0.4) is 0 Å². The van der Waals surface area contributed by atoms with E-state index in [-0.39, 0.29) is 18.0 Å². The van der Waals surface area contributed by atoms with Crippen LogP contribution in [0.15, 0.2) is 48.7 Å². The van der Waals surface area contributed by atoms with Gasteiger partial charge in [0.1, 0.15) is 12.2 Å². The number of nitrogens with zero attached hydrogens (tertiary/aromatic N) is 2. The molecular weight excluding hydrogens is 266 g/mol. The number of hydrogen-bond donors (Lipinski definition) is 1. The first-order chi connectivity index (χ1) is 9.95. The van der Waals surface area contributed by atoms with Crippen molar-refractivity contribution in [3.63, 3.8) is 0 Å². The molecule has 1 N–H and O–H groups in total. The normalized spacial score (nSPS) is 26.5. The molecule has 5 nitrogen and oxygen atoms in total. The Hall–Kier alpha value is -2.14. The maximum Gasteiger partial charge on any atom is 0.255 e. The van der Waals surface area contributed by atoms with E-state index in [0.29, 0.717) is 24.1 Å². The van der Waals surface area contributed by atoms with Crippen molar-refractivity contribution in [2.45, 2.75) is 25.0 Å². The van der Waals surface area contributed by atoms with Crippen molar-refractivity contribution >= 4 is 11.8 Å². The number of nitrogens with one attached hydrogen (secondary N) is 1. The molecular formula is C16H21N3O2. The van der Waals surface area contributed by atoms with Gasteiger partial charge in [0.25, 0.3) is 5.91 Å². The molecule has 0 aromatic heterocycles. The summed E-state index contributed by atoms with van der Waals surface area (Å²) in [6, 6.07) is -0.457. The summed E-state index contributed by atoms with van der Waals surface area (Å²) in [6.45, 7) is 7.38. The van der Waals surface area contributed by atoms with E-state index < -0.39 is 6.04 Å². The molecule has 0 saturated carbocycles. The second-order valence-electron chi connectivity index (χ2n) is 5.45. The molecule has 2 heterocycles. The summed E-state index contributed by atoms with van der Waals surface area (Å²) in [5, 5.41) is 2.74. The number of carbonyl (C=O) groups is 2. The number of allylic oxidation sites excluding steroid dienone is 3. The summed E-state index contributed by atoms with van der Waals surface area (Å²) < 4.78 is 0. The summed E-state index contributed by atoms with van der Waals surface area (Å²) in [4.78, 5) is 28.3. The smallest absolute Gasteiger partial charge is 0.255 e. The predicted octanol–water partition coefficient (Wildman–Crippen LogP) is 1.18. The fraction of sp³-hybridized carbons (Fsp3) is 0.375. The Morgan fingerprint density at radius 2 is 2.14 bits per heavy atom. The highest BCUT2D eigenvalue weighted by atomic mass is 16.2. The van der Waals surface area contributed by atoms with Gasteiger partial charge in [-0.15, -0.1) is 0 Å². The molecule has 0 bridgehead atoms. The molecule has 2 aliphatic rings. The van der Waals surface area contributed by atoms with Gasteiger partial charge in [-0.05, 0) is 39.1 Å². The van der Waals surface area contributed by atoms with Crippen LogP contribution in [0, 0.1) is 0 Å². The van der Waals surface area contributed by atoms with E-state index in [2.05, 4.69) is 18.5 Å². The van der Waals surface area contributed by atoms with Crippen molar-refractivity contribution in [1.82, 2.24) is 15.1 Å². The average molecular weight is 287 g/mol. The van der Waals surface area contributed by atoms with E-state index in [9.17, 15) is 9.59 Å². The average Bonchev–Trinajstić information content (AvgIpc) is 2.74. The lowest BCUT2D eigenvalue weighted by Gasteiger charge is -2.37. The lowest BCUT2D eigenvalue weighted by Crippen LogP contribution is -2.56. The predicted molar refractivity (Wildman–Crippen MR) is 82.0 cm³/mol. The molecule has 112 valence electrons. The third kappa shape index (κ3) is 2.97. The molecule has 1 saturated heterocycles. The first-order valence-electron chi connectivity index (χ1n) is 6.94. The largest absolute Gasteiger partial charge is 0.329 e. The van der Waals surface area contributed by atoms with E-state index in [1.807, 2.05) is 25.1 Å². The summed E-state index contributed by atoms with van der Waals surface area (Å²) in [7, 11) is 3.78. The van der Waals surface area contributed by atoms with Crippen molar-refractivity contribution in [3.8, 4) is 0 Å². The maximum absolute atomic E-state index is 12.6. The van der Waals surface area contributed by atoms with Gasteiger partial charge in [0.05, 0.1) is 0 Å². The first-order valence-corrected chi connectivity index (χ1v) is 6.94. The van der Waals surface area contributed by atoms with Crippen LogP contribution in [0.2, 0.25) is 0 Å². The van der Waals surface area contributed by atoms with E-state index in [4.69, 9.17) is 0 Å². The first kappa shape index (κ1) is 15.3. The lowest BCUT2D eigenvalue weighted by molar-refractivity contribution is -0.141. The van der Waals surface area contributed by atoms with Crippen molar-refractivity contribution in [1.29, 1.82) is 0 Å². The van der Waals surface area contributed by atoms with E-state index >= 15 is 0 Å². The van der Waals surface area contributed by atoms with Crippen LogP contribution in [-0.4, -0.2) is 47.9 Å². The zero-order chi connectivity index (χ0) is 15.6. The van der Waals surface area contributed by atoms with Crippen LogP contribution in [0.25, 0.3) is 0 Å². The Balaban J connectivity index is 2.27. The Labute approximate surface area is 125 Å². The Bertz CT molecular complexity index is 546. The maximum atomic E-state index is 12.6. The summed E-state index contributed by atoms with van der Waals surface area (Å²) in [5.74, 6) is -0.284. The van der Waals surface area contributed by atoms with Crippen LogP contribution >= 0.6 is 0 Å². The molecule has 0 aliphatic carbocycles. The van der Waals surface area contributed by atoms with E-state index in [1.54, 1.807) is 23.1 Å². The number of hydrogen-bond acceptors (Lipinski definition) is 3. The van der Waals surface area contributed by atoms with Gasteiger partial charge in [0.2, 0.25) is 5.91 Å². The molecule has 2 aliphatic heterocycles. The van der Waals surface area contributed by atoms with Crippen LogP contribution in [0.5, 0.6) is 0 Å². The molecule has 0 aromatic rings. The Morgan fingerprint density at radius 1 is 1.43 bits per heavy atom. The third-order valence-electron chi connectivity index (χ3n) is 3.69. The fourth-order valence-corrected chi connectivity index (χ4v) is 2.63. The van der Waals surface area contributed by atoms with Gasteiger partial charge in [-0.25, -0.2) is 0 Å². The number of amides is 2. The molecule has 0 spiro atoms. The second-order valence-corrected chi connectivity index (χ2v) is 5.45. The minimum atomic E-state index is -0.457. The Morgan fingerprint density at radius 3 is 2.71 bits per heavy atom. The fourth-order valence-electron chi connectivity index (χ4n) is 2.63. The summed E-state index contributed by atoms with van der Waals surface area (Å²) >= 11 is 0. The van der Waals surface area contributed by atoms with Crippen LogP contribution in [0.4, 0.5) is 0 Å². The highest BCUT2D eigenvalue weighted by Crippen LogP contribution is 2.27. The van der Waals surface area contributed by atoms with Gasteiger partial charge in [-0.2, -0.15) is 0 Å². The van der Waals surface area contributed by atoms with Gasteiger partial charge in [0, 0.05) is 11.3 Å². The highest BCUT2D eigenvalue weighted by Gasteiger charge is 2.41. The van der Waals surface area contributed by atoms with Crippen molar-refractivity contribution in [3.05, 3.63) is 48.7 Å². The number of likely N-dealkylation sites (N-methyl/N-ethyl adjacent to an activating group) is 1. The third-order valence-corrected chi connectivity index (χ3v) is 3.69. The quantitative estimate of drug-likeness (QED) is 0.790. The SMILES string of the molecule is C=C/C=C\C1=CC(N(C)C)N(C2CCC(=C)NC2=O)C1=O. The zero-order valence-corrected chi connectivity index (χ0v) is 12.5. The molecule has 2 atom stereocenters. The number of piperidine rings is 1. The molecule has 1 fully saturated rings. The van der Waals surface area contributed by atoms with Crippen LogP contribution in [-0.2, 0) is 9.59 Å². The van der Waals surface area contributed by atoms with Crippen molar-refractivity contribution in [2.24, 2.45) is 0 Å². The number of carbonyl (C=O) groups excluding carboxylic acids is 2. The van der Waals surface area contributed by atoms with Crippen molar-refractivity contribution in [2.75, 3.05) is 14.1 Å². The van der Waals surface area contributed by atoms with Gasteiger partial charge in [-0.1, -0.05) is 25.3 Å². The van der Waals surface area contributed by atoms with Gasteiger partial charge < -0.3 is 10.2 Å². The van der Waals surface area contributed by atoms with Gasteiger partial charge in [0.15, 0.2) is 0 Å². The molecule has 21 heavy (non-hydrogen) atoms. The Kier molecular flexibility index (Phi) is 4.43. The van der Waals surface area contributed by atoms with Gasteiger partial charge >= 0.3 is 0 Å². The van der Waals surface area contributed by atoms with E-state index in [1.165, 1.54) is 0 Å². The molecule has 2 rings (SSSR count). The van der Waals surface area contributed by atoms with Crippen LogP contribution < -0.4 is 5.32 Å². The monoisotopic (exact) mass is 287 g/mol. The summed E-state index contributed by atoms with van der Waals surface area (Å²) in [6.07, 6.45) is 8.03. The lowest BCUT2D eigenvalue weighted by atomic mass is 10.0. The second kappa shape index (κ2) is 6.10. The zero-order valence-electron chi connectivity index (χ0n) is 12.5. The molecule has 2 unspecified atom stereocenters. The van der Waals surface area contributed by atoms with Crippen molar-refractivity contribution < 1.29 is 9.59 Å². The highest BCUT2D eigenvalue weighted by molar-refractivity contribution is 6.02. The molecule has 0 radical (unpaired) electrons. The topological polar surface area (TPSA) is 52.6 Å². The standard InChI is InChI=1S/C16H21N3O2/c1-5-6-7-12-10-14(18(3)4)19(16(12)21)13-9-8-11(2)17-15(13)20/h5-7,10,13-14H,1-2,8-9H2,3-4H3,(H,17,20)/b7-6-. The minimum absolute atomic E-state index is 0.125. The van der Waals surface area contributed by atoms with Crippen LogP contribution in [0.1, 0.15) is 12.8 Å². The van der Waals surface area contributed by atoms with E-state index in [0.717, 1.165) is 0 Å². The molecule has 0 aromatic carbocycles. The van der Waals surface area contributed by atoms with Gasteiger partial charge in [-0.3, -0.25) is 14.5 Å². The number of rotatable bonds is 4. The minimum Gasteiger partial charge on any atom is -0.329 e.